The third-order valence-corrected chi connectivity index (χ3v) is 9.03. The van der Waals surface area contributed by atoms with Crippen molar-refractivity contribution in [2.24, 2.45) is 17.3 Å². The Bertz CT molecular complexity index is 724. The standard InChI is InChI=1S/C23H33NO2S/c1-4-11-24-12-10-23-18-6-5-7-19(25-2)20(18)26-21(23)16-8-9-22(23,15-24)17(13-16)14-27-3/h5-7,16-17,21H,4,8-15H2,1-3H3. The molecular formula is C23H33NO2S. The molecule has 27 heavy (non-hydrogen) atoms. The number of methoxy groups -OCH3 is 1. The maximum atomic E-state index is 6.79. The van der Waals surface area contributed by atoms with E-state index in [9.17, 15) is 0 Å². The zero-order valence-electron chi connectivity index (χ0n) is 17.0. The van der Waals surface area contributed by atoms with E-state index < -0.39 is 0 Å². The number of thioether (sulfide) groups is 1. The molecule has 5 unspecified atom stereocenters. The van der Waals surface area contributed by atoms with E-state index in [1.54, 1.807) is 7.11 Å². The number of hydrogen-bond acceptors (Lipinski definition) is 4. The van der Waals surface area contributed by atoms with Crippen LogP contribution in [0.1, 0.15) is 44.6 Å². The number of nitrogens with zero attached hydrogens (tertiary/aromatic N) is 1. The molecule has 0 N–H and O–H groups in total. The van der Waals surface area contributed by atoms with Crippen LogP contribution in [0.3, 0.4) is 0 Å². The van der Waals surface area contributed by atoms with E-state index in [4.69, 9.17) is 9.47 Å². The van der Waals surface area contributed by atoms with E-state index in [1.807, 2.05) is 11.8 Å². The van der Waals surface area contributed by atoms with Gasteiger partial charge >= 0.3 is 0 Å². The zero-order chi connectivity index (χ0) is 18.6. The van der Waals surface area contributed by atoms with Gasteiger partial charge in [-0.1, -0.05) is 19.1 Å². The van der Waals surface area contributed by atoms with E-state index in [0.717, 1.165) is 17.4 Å². The Morgan fingerprint density at radius 2 is 2.22 bits per heavy atom. The maximum absolute atomic E-state index is 6.79. The Labute approximate surface area is 168 Å². The lowest BCUT2D eigenvalue weighted by Gasteiger charge is -2.68. The lowest BCUT2D eigenvalue weighted by atomic mass is 9.39. The van der Waals surface area contributed by atoms with Gasteiger partial charge in [-0.25, -0.2) is 0 Å². The van der Waals surface area contributed by atoms with Gasteiger partial charge in [0.15, 0.2) is 11.5 Å². The molecule has 3 aliphatic carbocycles. The van der Waals surface area contributed by atoms with Crippen LogP contribution in [-0.2, 0) is 5.41 Å². The van der Waals surface area contributed by atoms with Crippen LogP contribution in [0.15, 0.2) is 18.2 Å². The largest absolute Gasteiger partial charge is 0.493 e. The molecule has 3 nitrogen and oxygen atoms in total. The van der Waals surface area contributed by atoms with Crippen molar-refractivity contribution < 1.29 is 9.47 Å². The predicted molar refractivity (Wildman–Crippen MR) is 112 cm³/mol. The molecule has 2 heterocycles. The maximum Gasteiger partial charge on any atom is 0.165 e. The smallest absolute Gasteiger partial charge is 0.165 e. The summed E-state index contributed by atoms with van der Waals surface area (Å²) in [5.74, 6) is 4.81. The summed E-state index contributed by atoms with van der Waals surface area (Å²) in [4.78, 5) is 2.76. The van der Waals surface area contributed by atoms with E-state index >= 15 is 0 Å². The van der Waals surface area contributed by atoms with E-state index in [0.29, 0.717) is 17.4 Å². The Morgan fingerprint density at radius 1 is 1.33 bits per heavy atom. The summed E-state index contributed by atoms with van der Waals surface area (Å²) >= 11 is 2.05. The molecule has 148 valence electrons. The quantitative estimate of drug-likeness (QED) is 0.737. The lowest BCUT2D eigenvalue weighted by molar-refractivity contribution is -0.172. The number of ether oxygens (including phenoxy) is 2. The van der Waals surface area contributed by atoms with Crippen LogP contribution in [0, 0.1) is 17.3 Å². The van der Waals surface area contributed by atoms with Gasteiger partial charge in [0.05, 0.1) is 7.11 Å². The minimum atomic E-state index is 0.197. The van der Waals surface area contributed by atoms with Crippen molar-refractivity contribution in [3.63, 3.8) is 0 Å². The Morgan fingerprint density at radius 3 is 3.00 bits per heavy atom. The summed E-state index contributed by atoms with van der Waals surface area (Å²) in [5.41, 5.74) is 2.03. The van der Waals surface area contributed by atoms with Gasteiger partial charge in [0, 0.05) is 22.9 Å². The molecule has 2 aliphatic heterocycles. The highest BCUT2D eigenvalue weighted by Crippen LogP contribution is 2.71. The number of para-hydroxylation sites is 1. The van der Waals surface area contributed by atoms with Gasteiger partial charge in [-0.2, -0.15) is 11.8 Å². The fourth-order valence-electron chi connectivity index (χ4n) is 7.42. The molecular weight excluding hydrogens is 354 g/mol. The fraction of sp³-hybridized carbons (Fsp3) is 0.739. The molecule has 4 heteroatoms. The summed E-state index contributed by atoms with van der Waals surface area (Å²) in [6.07, 6.45) is 9.22. The predicted octanol–water partition coefficient (Wildman–Crippen LogP) is 4.59. The SMILES string of the molecule is CCCN1CCC23c4cccc(OC)c4OC2C2CCC3(C1)C(CSC)C2. The van der Waals surface area contributed by atoms with Crippen molar-refractivity contribution in [3.8, 4) is 11.5 Å². The Kier molecular flexibility index (Phi) is 4.43. The first-order valence-corrected chi connectivity index (χ1v) is 12.1. The van der Waals surface area contributed by atoms with Crippen molar-refractivity contribution >= 4 is 11.8 Å². The molecule has 5 aliphatic rings. The van der Waals surface area contributed by atoms with Crippen LogP contribution in [0.2, 0.25) is 0 Å². The molecule has 3 saturated carbocycles. The summed E-state index contributed by atoms with van der Waals surface area (Å²) < 4.78 is 12.5. The lowest BCUT2D eigenvalue weighted by Crippen LogP contribution is -2.72. The molecule has 2 bridgehead atoms. The van der Waals surface area contributed by atoms with Crippen LogP contribution in [0.25, 0.3) is 0 Å². The second kappa shape index (κ2) is 6.59. The van der Waals surface area contributed by atoms with Crippen molar-refractivity contribution in [2.45, 2.75) is 50.5 Å². The number of rotatable bonds is 5. The highest BCUT2D eigenvalue weighted by Gasteiger charge is 2.72. The van der Waals surface area contributed by atoms with Gasteiger partial charge in [-0.3, -0.25) is 0 Å². The van der Waals surface area contributed by atoms with Crippen LogP contribution < -0.4 is 9.47 Å². The molecule has 5 atom stereocenters. The van der Waals surface area contributed by atoms with Crippen molar-refractivity contribution in [3.05, 3.63) is 23.8 Å². The zero-order valence-corrected chi connectivity index (χ0v) is 17.8. The van der Waals surface area contributed by atoms with E-state index in [-0.39, 0.29) is 5.41 Å². The fourth-order valence-corrected chi connectivity index (χ4v) is 8.28. The number of likely N-dealkylation sites (tertiary alicyclic amines) is 1. The number of fused-ring (bicyclic) bond motifs is 3. The third kappa shape index (κ3) is 2.26. The van der Waals surface area contributed by atoms with Crippen molar-refractivity contribution in [2.75, 3.05) is 38.8 Å². The minimum Gasteiger partial charge on any atom is -0.493 e. The summed E-state index contributed by atoms with van der Waals surface area (Å²) in [5, 5.41) is 0. The first-order valence-electron chi connectivity index (χ1n) is 10.8. The molecule has 0 radical (unpaired) electrons. The average Bonchev–Trinajstić information content (AvgIpc) is 3.05. The Hall–Kier alpha value is -0.870. The summed E-state index contributed by atoms with van der Waals surface area (Å²) in [6.45, 7) is 6.03. The molecule has 0 amide bonds. The number of benzene rings is 1. The monoisotopic (exact) mass is 387 g/mol. The first kappa shape index (κ1) is 18.2. The van der Waals surface area contributed by atoms with Gasteiger partial charge in [0.25, 0.3) is 0 Å². The topological polar surface area (TPSA) is 21.7 Å². The van der Waals surface area contributed by atoms with Gasteiger partial charge in [-0.05, 0) is 75.1 Å². The number of piperidine rings is 1. The minimum absolute atomic E-state index is 0.197. The molecule has 1 aromatic carbocycles. The van der Waals surface area contributed by atoms with Crippen LogP contribution in [0.4, 0.5) is 0 Å². The van der Waals surface area contributed by atoms with E-state index in [2.05, 4.69) is 36.3 Å². The molecule has 4 fully saturated rings. The Balaban J connectivity index is 1.67. The van der Waals surface area contributed by atoms with Gasteiger partial charge < -0.3 is 14.4 Å². The van der Waals surface area contributed by atoms with Gasteiger partial charge in [0.1, 0.15) is 6.10 Å². The molecule has 2 spiro atoms. The molecule has 1 aromatic rings. The summed E-state index contributed by atoms with van der Waals surface area (Å²) in [7, 11) is 1.78. The van der Waals surface area contributed by atoms with Gasteiger partial charge in [-0.15, -0.1) is 0 Å². The second-order valence-electron chi connectivity index (χ2n) is 9.22. The molecule has 0 aromatic heterocycles. The highest BCUT2D eigenvalue weighted by atomic mass is 32.2. The van der Waals surface area contributed by atoms with Crippen LogP contribution in [-0.4, -0.2) is 49.8 Å². The van der Waals surface area contributed by atoms with E-state index in [1.165, 1.54) is 63.1 Å². The second-order valence-corrected chi connectivity index (χ2v) is 10.1. The summed E-state index contributed by atoms with van der Waals surface area (Å²) in [6, 6.07) is 6.63. The average molecular weight is 388 g/mol. The molecule has 1 saturated heterocycles. The van der Waals surface area contributed by atoms with Crippen LogP contribution >= 0.6 is 11.8 Å². The van der Waals surface area contributed by atoms with Crippen molar-refractivity contribution in [1.82, 2.24) is 4.90 Å². The highest BCUT2D eigenvalue weighted by molar-refractivity contribution is 7.98. The van der Waals surface area contributed by atoms with Gasteiger partial charge in [0.2, 0.25) is 0 Å². The van der Waals surface area contributed by atoms with Crippen LogP contribution in [0.5, 0.6) is 11.5 Å². The first-order chi connectivity index (χ1) is 13.2. The third-order valence-electron chi connectivity index (χ3n) is 8.29. The molecule has 6 rings (SSSR count). The van der Waals surface area contributed by atoms with Crippen molar-refractivity contribution in [1.29, 1.82) is 0 Å². The normalized spacial score (nSPS) is 39.4. The number of hydrogen-bond donors (Lipinski definition) is 0.